The number of carbonyl (C=O) groups excluding carboxylic acids is 1. The summed E-state index contributed by atoms with van der Waals surface area (Å²) in [6.07, 6.45) is 0.858. The Morgan fingerprint density at radius 1 is 1.47 bits per heavy atom. The average molecular weight is 370 g/mol. The van der Waals surface area contributed by atoms with Gasteiger partial charge in [0.15, 0.2) is 0 Å². The van der Waals surface area contributed by atoms with Crippen LogP contribution in [0.15, 0.2) is 22.7 Å². The first-order valence-electron chi connectivity index (χ1n) is 5.90. The molecule has 1 rings (SSSR count). The summed E-state index contributed by atoms with van der Waals surface area (Å²) in [5.74, 6) is 0.308. The van der Waals surface area contributed by atoms with Crippen molar-refractivity contribution in [2.45, 2.75) is 26.3 Å². The lowest BCUT2D eigenvalue weighted by molar-refractivity contribution is 0.0934. The topological polar surface area (TPSA) is 55.1 Å². The van der Waals surface area contributed by atoms with E-state index in [1.54, 1.807) is 18.2 Å². The molecule has 0 radical (unpaired) electrons. The highest BCUT2D eigenvalue weighted by Crippen LogP contribution is 2.21. The Morgan fingerprint density at radius 2 is 2.11 bits per heavy atom. The Bertz CT molecular complexity index is 427. The Morgan fingerprint density at radius 3 is 2.58 bits per heavy atom. The zero-order valence-corrected chi connectivity index (χ0v) is 14.1. The minimum absolute atomic E-state index is 0. The van der Waals surface area contributed by atoms with E-state index in [-0.39, 0.29) is 24.4 Å². The standard InChI is InChI=1S/C13H18BrClN2O.ClH/c1-8(2)5-10(7-16)17-13(18)11-4-3-9(14)6-12(11)15;/h3-4,6,8,10H,5,7,16H2,1-2H3,(H,17,18);1H. The molecule has 0 aliphatic heterocycles. The minimum Gasteiger partial charge on any atom is -0.348 e. The van der Waals surface area contributed by atoms with Crippen LogP contribution < -0.4 is 11.1 Å². The van der Waals surface area contributed by atoms with E-state index in [1.165, 1.54) is 0 Å². The monoisotopic (exact) mass is 368 g/mol. The quantitative estimate of drug-likeness (QED) is 0.832. The minimum atomic E-state index is -0.177. The first-order chi connectivity index (χ1) is 8.43. The van der Waals surface area contributed by atoms with Crippen LogP contribution >= 0.6 is 39.9 Å². The molecule has 108 valence electrons. The van der Waals surface area contributed by atoms with Gasteiger partial charge >= 0.3 is 0 Å². The van der Waals surface area contributed by atoms with E-state index in [0.29, 0.717) is 23.0 Å². The molecule has 0 saturated heterocycles. The fraction of sp³-hybridized carbons (Fsp3) is 0.462. The van der Waals surface area contributed by atoms with Crippen LogP contribution in [0.2, 0.25) is 5.02 Å². The molecule has 0 saturated carbocycles. The third kappa shape index (κ3) is 6.13. The summed E-state index contributed by atoms with van der Waals surface area (Å²) in [5.41, 5.74) is 6.13. The van der Waals surface area contributed by atoms with Crippen molar-refractivity contribution in [1.82, 2.24) is 5.32 Å². The second kappa shape index (κ2) is 8.80. The largest absolute Gasteiger partial charge is 0.348 e. The summed E-state index contributed by atoms with van der Waals surface area (Å²) in [5, 5.41) is 3.34. The number of halogens is 3. The molecule has 0 aliphatic carbocycles. The van der Waals surface area contributed by atoms with Crippen molar-refractivity contribution < 1.29 is 4.79 Å². The fourth-order valence-corrected chi connectivity index (χ4v) is 2.48. The van der Waals surface area contributed by atoms with Crippen molar-refractivity contribution in [1.29, 1.82) is 0 Å². The van der Waals surface area contributed by atoms with Crippen molar-refractivity contribution in [2.24, 2.45) is 11.7 Å². The van der Waals surface area contributed by atoms with Gasteiger partial charge in [0.2, 0.25) is 0 Å². The molecule has 1 aromatic carbocycles. The van der Waals surface area contributed by atoms with E-state index >= 15 is 0 Å². The summed E-state index contributed by atoms with van der Waals surface area (Å²) < 4.78 is 0.849. The average Bonchev–Trinajstić information content (AvgIpc) is 2.27. The highest BCUT2D eigenvalue weighted by Gasteiger charge is 2.16. The number of hydrogen-bond donors (Lipinski definition) is 2. The van der Waals surface area contributed by atoms with Gasteiger partial charge in [-0.2, -0.15) is 0 Å². The van der Waals surface area contributed by atoms with Gasteiger partial charge in [-0.1, -0.05) is 41.4 Å². The molecule has 6 heteroatoms. The zero-order valence-electron chi connectivity index (χ0n) is 11.0. The summed E-state index contributed by atoms with van der Waals surface area (Å²) in [6, 6.07) is 5.18. The van der Waals surface area contributed by atoms with Crippen molar-refractivity contribution >= 4 is 45.8 Å². The predicted molar refractivity (Wildman–Crippen MR) is 86.2 cm³/mol. The number of carbonyl (C=O) groups is 1. The molecule has 1 aromatic rings. The molecule has 1 atom stereocenters. The van der Waals surface area contributed by atoms with E-state index in [1.807, 2.05) is 0 Å². The van der Waals surface area contributed by atoms with Crippen molar-refractivity contribution in [3.63, 3.8) is 0 Å². The van der Waals surface area contributed by atoms with Crippen LogP contribution in [-0.2, 0) is 0 Å². The fourth-order valence-electron chi connectivity index (χ4n) is 1.72. The molecule has 3 nitrogen and oxygen atoms in total. The van der Waals surface area contributed by atoms with Gasteiger partial charge in [-0.05, 0) is 30.5 Å². The second-order valence-corrected chi connectivity index (χ2v) is 5.98. The third-order valence-electron chi connectivity index (χ3n) is 2.55. The molecule has 19 heavy (non-hydrogen) atoms. The Hall–Kier alpha value is -0.290. The van der Waals surface area contributed by atoms with Gasteiger partial charge < -0.3 is 11.1 Å². The van der Waals surface area contributed by atoms with Gasteiger partial charge in [0.1, 0.15) is 0 Å². The molecule has 1 amide bonds. The van der Waals surface area contributed by atoms with Gasteiger partial charge in [0, 0.05) is 17.1 Å². The van der Waals surface area contributed by atoms with Gasteiger partial charge in [-0.25, -0.2) is 0 Å². The summed E-state index contributed by atoms with van der Waals surface area (Å²) >= 11 is 9.34. The van der Waals surface area contributed by atoms with Gasteiger partial charge in [-0.15, -0.1) is 12.4 Å². The maximum atomic E-state index is 12.1. The zero-order chi connectivity index (χ0) is 13.7. The lowest BCUT2D eigenvalue weighted by Crippen LogP contribution is -2.41. The summed E-state index contributed by atoms with van der Waals surface area (Å²) in [6.45, 7) is 4.63. The highest BCUT2D eigenvalue weighted by atomic mass is 79.9. The molecule has 0 aromatic heterocycles. The van der Waals surface area contributed by atoms with Crippen LogP contribution in [-0.4, -0.2) is 18.5 Å². The first-order valence-corrected chi connectivity index (χ1v) is 7.07. The van der Waals surface area contributed by atoms with E-state index in [4.69, 9.17) is 17.3 Å². The Labute approximate surface area is 133 Å². The lowest BCUT2D eigenvalue weighted by atomic mass is 10.0. The van der Waals surface area contributed by atoms with E-state index < -0.39 is 0 Å². The third-order valence-corrected chi connectivity index (χ3v) is 3.36. The Kier molecular flexibility index (Phi) is 8.66. The molecule has 3 N–H and O–H groups in total. The van der Waals surface area contributed by atoms with Crippen LogP contribution in [0.25, 0.3) is 0 Å². The molecular weight excluding hydrogens is 351 g/mol. The SMILES string of the molecule is CC(C)CC(CN)NC(=O)c1ccc(Br)cc1Cl.Cl. The number of benzene rings is 1. The normalized spacial score (nSPS) is 11.9. The number of nitrogens with one attached hydrogen (secondary N) is 1. The molecule has 0 fully saturated rings. The molecule has 0 bridgehead atoms. The molecular formula is C13H19BrCl2N2O. The molecule has 0 heterocycles. The van der Waals surface area contributed by atoms with Gasteiger partial charge in [-0.3, -0.25) is 4.79 Å². The predicted octanol–water partition coefficient (Wildman–Crippen LogP) is 3.63. The van der Waals surface area contributed by atoms with Crippen molar-refractivity contribution in [3.8, 4) is 0 Å². The lowest BCUT2D eigenvalue weighted by Gasteiger charge is -2.19. The van der Waals surface area contributed by atoms with Gasteiger partial charge in [0.25, 0.3) is 5.91 Å². The maximum Gasteiger partial charge on any atom is 0.253 e. The van der Waals surface area contributed by atoms with Crippen LogP contribution in [0, 0.1) is 5.92 Å². The maximum absolute atomic E-state index is 12.1. The van der Waals surface area contributed by atoms with Crippen molar-refractivity contribution in [2.75, 3.05) is 6.54 Å². The summed E-state index contributed by atoms with van der Waals surface area (Å²) in [7, 11) is 0. The van der Waals surface area contributed by atoms with Crippen molar-refractivity contribution in [3.05, 3.63) is 33.3 Å². The first kappa shape index (κ1) is 18.7. The number of amides is 1. The molecule has 1 unspecified atom stereocenters. The smallest absolute Gasteiger partial charge is 0.253 e. The van der Waals surface area contributed by atoms with Crippen LogP contribution in [0.5, 0.6) is 0 Å². The summed E-state index contributed by atoms with van der Waals surface area (Å²) in [4.78, 5) is 12.1. The van der Waals surface area contributed by atoms with E-state index in [2.05, 4.69) is 35.1 Å². The van der Waals surface area contributed by atoms with Gasteiger partial charge in [0.05, 0.1) is 10.6 Å². The van der Waals surface area contributed by atoms with Crippen LogP contribution in [0.3, 0.4) is 0 Å². The number of rotatable bonds is 5. The number of nitrogens with two attached hydrogens (primary N) is 1. The highest BCUT2D eigenvalue weighted by molar-refractivity contribution is 9.10. The van der Waals surface area contributed by atoms with Crippen LogP contribution in [0.4, 0.5) is 0 Å². The molecule has 0 spiro atoms. The van der Waals surface area contributed by atoms with Crippen LogP contribution in [0.1, 0.15) is 30.6 Å². The Balaban J connectivity index is 0.00000324. The number of hydrogen-bond acceptors (Lipinski definition) is 2. The second-order valence-electron chi connectivity index (χ2n) is 4.66. The van der Waals surface area contributed by atoms with E-state index in [0.717, 1.165) is 10.9 Å². The molecule has 0 aliphatic rings. The van der Waals surface area contributed by atoms with E-state index in [9.17, 15) is 4.79 Å².